The van der Waals surface area contributed by atoms with Crippen LogP contribution in [-0.4, -0.2) is 12.3 Å². The fraction of sp³-hybridized carbons (Fsp3) is 0.750. The molecule has 0 aromatic carbocycles. The molecule has 1 heterocycles. The van der Waals surface area contributed by atoms with E-state index in [1.165, 1.54) is 6.42 Å². The summed E-state index contributed by atoms with van der Waals surface area (Å²) >= 11 is 0. The van der Waals surface area contributed by atoms with E-state index < -0.39 is 0 Å². The molecule has 1 aliphatic heterocycles. The number of nitrogens with zero attached hydrogens (tertiary/aromatic N) is 1. The fourth-order valence-corrected chi connectivity index (χ4v) is 0.316. The van der Waals surface area contributed by atoms with Gasteiger partial charge in [-0.15, -0.1) is 0 Å². The second-order valence-corrected chi connectivity index (χ2v) is 1.42. The number of hydrogen-bond donors (Lipinski definition) is 0. The van der Waals surface area contributed by atoms with E-state index in [0.717, 1.165) is 0 Å². The normalized spacial score (nSPS) is 33.4. The predicted molar refractivity (Wildman–Crippen MR) is 22.6 cm³/mol. The van der Waals surface area contributed by atoms with E-state index in [4.69, 9.17) is 0 Å². The molecule has 1 atom stereocenters. The largest absolute Gasteiger partial charge is 0.294 e. The third kappa shape index (κ3) is 0.318. The van der Waals surface area contributed by atoms with E-state index in [1.54, 1.807) is 0 Å². The van der Waals surface area contributed by atoms with Crippen LogP contribution in [0.5, 0.6) is 0 Å². The molecule has 0 saturated carbocycles. The Labute approximate surface area is 31.7 Å². The summed E-state index contributed by atoms with van der Waals surface area (Å²) in [5, 5.41) is 0. The molecule has 1 aliphatic rings. The van der Waals surface area contributed by atoms with Gasteiger partial charge in [-0.3, -0.25) is 4.99 Å². The highest BCUT2D eigenvalue weighted by atomic mass is 14.8. The molecule has 0 aromatic heterocycles. The van der Waals surface area contributed by atoms with Crippen molar-refractivity contribution in [3.05, 3.63) is 0 Å². The van der Waals surface area contributed by atoms with Crippen molar-refractivity contribution < 1.29 is 0 Å². The first-order valence-corrected chi connectivity index (χ1v) is 1.91. The van der Waals surface area contributed by atoms with Gasteiger partial charge in [-0.2, -0.15) is 0 Å². The lowest BCUT2D eigenvalue weighted by Crippen LogP contribution is -2.07. The number of hydrogen-bond acceptors (Lipinski definition) is 1. The molecule has 0 aliphatic carbocycles. The van der Waals surface area contributed by atoms with E-state index >= 15 is 0 Å². The van der Waals surface area contributed by atoms with Crippen molar-refractivity contribution in [2.75, 3.05) is 0 Å². The summed E-state index contributed by atoms with van der Waals surface area (Å²) in [6.07, 6.45) is 3.14. The molecule has 5 heavy (non-hydrogen) atoms. The third-order valence-electron chi connectivity index (χ3n) is 0.806. The molecular formula is C4H7N. The molecule has 0 aromatic rings. The second kappa shape index (κ2) is 0.814. The van der Waals surface area contributed by atoms with Gasteiger partial charge in [0.15, 0.2) is 0 Å². The molecular weight excluding hydrogens is 62.1 g/mol. The molecule has 0 spiro atoms. The van der Waals surface area contributed by atoms with E-state index in [-0.39, 0.29) is 0 Å². The van der Waals surface area contributed by atoms with Crippen LogP contribution in [0.2, 0.25) is 0 Å². The predicted octanol–water partition coefficient (Wildman–Crippen LogP) is 0.849. The maximum Gasteiger partial charge on any atom is 0.0516 e. The molecule has 0 radical (unpaired) electrons. The summed E-state index contributed by atoms with van der Waals surface area (Å²) in [6, 6.07) is 0.634. The lowest BCUT2D eigenvalue weighted by molar-refractivity contribution is 0.732. The van der Waals surface area contributed by atoms with Gasteiger partial charge in [-0.05, 0) is 6.92 Å². The SMILES string of the molecule is CC1CC=N1. The Morgan fingerprint density at radius 3 is 2.40 bits per heavy atom. The first-order chi connectivity index (χ1) is 2.39. The van der Waals surface area contributed by atoms with Crippen molar-refractivity contribution >= 4 is 6.21 Å². The van der Waals surface area contributed by atoms with Gasteiger partial charge in [0.1, 0.15) is 0 Å². The lowest BCUT2D eigenvalue weighted by Gasteiger charge is -2.07. The van der Waals surface area contributed by atoms with Crippen molar-refractivity contribution in [1.29, 1.82) is 0 Å². The van der Waals surface area contributed by atoms with Crippen LogP contribution in [0.3, 0.4) is 0 Å². The van der Waals surface area contributed by atoms with Gasteiger partial charge in [-0.1, -0.05) is 0 Å². The van der Waals surface area contributed by atoms with Crippen molar-refractivity contribution in [2.45, 2.75) is 19.4 Å². The Balaban J connectivity index is 2.39. The standard InChI is InChI=1S/C4H7N/c1-4-2-3-5-4/h3-4H,2H2,1H3. The highest BCUT2D eigenvalue weighted by molar-refractivity contribution is 5.63. The summed E-state index contributed by atoms with van der Waals surface area (Å²) in [5.74, 6) is 0. The van der Waals surface area contributed by atoms with Crippen LogP contribution in [0.15, 0.2) is 4.99 Å². The molecule has 1 nitrogen and oxygen atoms in total. The minimum absolute atomic E-state index is 0.634. The zero-order valence-electron chi connectivity index (χ0n) is 3.31. The highest BCUT2D eigenvalue weighted by Crippen LogP contribution is 2.01. The van der Waals surface area contributed by atoms with Gasteiger partial charge in [0.2, 0.25) is 0 Å². The number of aliphatic imine (C=N–C) groups is 1. The van der Waals surface area contributed by atoms with Crippen molar-refractivity contribution in [3.63, 3.8) is 0 Å². The molecule has 0 bridgehead atoms. The van der Waals surface area contributed by atoms with Crippen LogP contribution < -0.4 is 0 Å². The monoisotopic (exact) mass is 69.1 g/mol. The molecule has 0 fully saturated rings. The first kappa shape index (κ1) is 2.88. The topological polar surface area (TPSA) is 12.4 Å². The third-order valence-corrected chi connectivity index (χ3v) is 0.806. The van der Waals surface area contributed by atoms with E-state index in [2.05, 4.69) is 11.9 Å². The summed E-state index contributed by atoms with van der Waals surface area (Å²) in [5.41, 5.74) is 0. The average Bonchev–Trinajstić information content (AvgIpc) is 1.30. The summed E-state index contributed by atoms with van der Waals surface area (Å²) in [6.45, 7) is 2.11. The average molecular weight is 69.1 g/mol. The fourth-order valence-electron chi connectivity index (χ4n) is 0.316. The quantitative estimate of drug-likeness (QED) is 0.400. The lowest BCUT2D eigenvalue weighted by atomic mass is 10.2. The van der Waals surface area contributed by atoms with Crippen LogP contribution >= 0.6 is 0 Å². The van der Waals surface area contributed by atoms with Crippen LogP contribution in [-0.2, 0) is 0 Å². The second-order valence-electron chi connectivity index (χ2n) is 1.42. The molecule has 28 valence electrons. The zero-order chi connectivity index (χ0) is 3.70. The summed E-state index contributed by atoms with van der Waals surface area (Å²) in [7, 11) is 0. The Morgan fingerprint density at radius 1 is 2.00 bits per heavy atom. The molecule has 0 N–H and O–H groups in total. The van der Waals surface area contributed by atoms with Crippen LogP contribution in [0.25, 0.3) is 0 Å². The van der Waals surface area contributed by atoms with E-state index in [1.807, 2.05) is 6.21 Å². The van der Waals surface area contributed by atoms with Crippen molar-refractivity contribution in [1.82, 2.24) is 0 Å². The minimum Gasteiger partial charge on any atom is -0.294 e. The Hall–Kier alpha value is -0.330. The Kier molecular flexibility index (Phi) is 0.469. The molecule has 0 saturated heterocycles. The molecule has 1 heteroatoms. The van der Waals surface area contributed by atoms with Gasteiger partial charge in [0.25, 0.3) is 0 Å². The maximum absolute atomic E-state index is 3.94. The van der Waals surface area contributed by atoms with Crippen LogP contribution in [0.4, 0.5) is 0 Å². The minimum atomic E-state index is 0.634. The molecule has 1 rings (SSSR count). The van der Waals surface area contributed by atoms with Gasteiger partial charge in [0, 0.05) is 12.6 Å². The highest BCUT2D eigenvalue weighted by Gasteiger charge is 2.00. The number of rotatable bonds is 0. The van der Waals surface area contributed by atoms with E-state index in [0.29, 0.717) is 6.04 Å². The van der Waals surface area contributed by atoms with Crippen molar-refractivity contribution in [3.8, 4) is 0 Å². The molecule has 1 unspecified atom stereocenters. The Bertz CT molecular complexity index is 56.7. The summed E-state index contributed by atoms with van der Waals surface area (Å²) < 4.78 is 0. The van der Waals surface area contributed by atoms with Gasteiger partial charge >= 0.3 is 0 Å². The Morgan fingerprint density at radius 2 is 2.40 bits per heavy atom. The first-order valence-electron chi connectivity index (χ1n) is 1.91. The maximum atomic E-state index is 3.94. The van der Waals surface area contributed by atoms with E-state index in [9.17, 15) is 0 Å². The smallest absolute Gasteiger partial charge is 0.0516 e. The van der Waals surface area contributed by atoms with Gasteiger partial charge in [0.05, 0.1) is 6.04 Å². The summed E-state index contributed by atoms with van der Waals surface area (Å²) in [4.78, 5) is 3.94. The van der Waals surface area contributed by atoms with Crippen LogP contribution in [0.1, 0.15) is 13.3 Å². The van der Waals surface area contributed by atoms with Crippen LogP contribution in [0, 0.1) is 0 Å². The van der Waals surface area contributed by atoms with Gasteiger partial charge < -0.3 is 0 Å². The van der Waals surface area contributed by atoms with Gasteiger partial charge in [-0.25, -0.2) is 0 Å². The molecule has 0 amide bonds. The van der Waals surface area contributed by atoms with Crippen molar-refractivity contribution in [2.24, 2.45) is 4.99 Å². The zero-order valence-corrected chi connectivity index (χ0v) is 3.31.